The maximum atomic E-state index is 11.6. The minimum absolute atomic E-state index is 0. The zero-order valence-electron chi connectivity index (χ0n) is 8.36. The number of phosphoric acid groups is 1. The molecular formula is C10H8NaO6P. The van der Waals surface area contributed by atoms with Gasteiger partial charge < -0.3 is 4.52 Å². The molecule has 1 aliphatic rings. The van der Waals surface area contributed by atoms with Crippen LogP contribution in [-0.4, -0.2) is 50.9 Å². The summed E-state index contributed by atoms with van der Waals surface area (Å²) in [7, 11) is -4.77. The Hall–Kier alpha value is -0.750. The van der Waals surface area contributed by atoms with Crippen LogP contribution in [0.1, 0.15) is 20.7 Å². The summed E-state index contributed by atoms with van der Waals surface area (Å²) in [6, 6.07) is 4.00. The zero-order chi connectivity index (χ0) is 12.6. The van der Waals surface area contributed by atoms with E-state index in [0.717, 1.165) is 12.2 Å². The van der Waals surface area contributed by atoms with Gasteiger partial charge in [-0.3, -0.25) is 19.4 Å². The molecule has 0 fully saturated rings. The van der Waals surface area contributed by atoms with Crippen molar-refractivity contribution in [1.82, 2.24) is 0 Å². The molecule has 0 unspecified atom stereocenters. The molecule has 0 atom stereocenters. The van der Waals surface area contributed by atoms with E-state index in [1.165, 1.54) is 18.2 Å². The second kappa shape index (κ2) is 5.48. The molecule has 1 aromatic carbocycles. The third kappa shape index (κ3) is 3.17. The molecule has 8 heteroatoms. The molecule has 0 saturated heterocycles. The number of rotatable bonds is 2. The van der Waals surface area contributed by atoms with E-state index >= 15 is 0 Å². The van der Waals surface area contributed by atoms with Crippen LogP contribution in [0.25, 0.3) is 0 Å². The summed E-state index contributed by atoms with van der Waals surface area (Å²) in [5.41, 5.74) is -0.0493. The van der Waals surface area contributed by atoms with Gasteiger partial charge in [0.25, 0.3) is 0 Å². The van der Waals surface area contributed by atoms with Gasteiger partial charge in [0.05, 0.1) is 5.56 Å². The predicted molar refractivity (Wildman–Crippen MR) is 64.1 cm³/mol. The Morgan fingerprint density at radius 3 is 2.28 bits per heavy atom. The summed E-state index contributed by atoms with van der Waals surface area (Å²) in [6.07, 6.45) is 2.14. The second-order valence-electron chi connectivity index (χ2n) is 3.32. The molecule has 1 aliphatic carbocycles. The Morgan fingerprint density at radius 2 is 1.67 bits per heavy atom. The first-order valence-corrected chi connectivity index (χ1v) is 6.06. The van der Waals surface area contributed by atoms with E-state index in [0.29, 0.717) is 0 Å². The molecule has 0 radical (unpaired) electrons. The molecule has 6 nitrogen and oxygen atoms in total. The second-order valence-corrected chi connectivity index (χ2v) is 4.49. The molecule has 0 spiro atoms. The first-order chi connectivity index (χ1) is 7.88. The average molecular weight is 278 g/mol. The molecule has 2 rings (SSSR count). The Kier molecular flexibility index (Phi) is 4.66. The summed E-state index contributed by atoms with van der Waals surface area (Å²) in [6.45, 7) is 0. The number of allylic oxidation sites excluding steroid dienone is 2. The van der Waals surface area contributed by atoms with Crippen LogP contribution in [-0.2, 0) is 4.57 Å². The topological polar surface area (TPSA) is 101 Å². The molecule has 0 aliphatic heterocycles. The number of hydrogen-bond acceptors (Lipinski definition) is 4. The molecule has 0 bridgehead atoms. The van der Waals surface area contributed by atoms with E-state index in [9.17, 15) is 14.2 Å². The fourth-order valence-corrected chi connectivity index (χ4v) is 1.93. The van der Waals surface area contributed by atoms with Gasteiger partial charge in [-0.25, -0.2) is 4.57 Å². The number of benzene rings is 1. The van der Waals surface area contributed by atoms with Crippen molar-refractivity contribution in [2.45, 2.75) is 0 Å². The Bertz CT molecular complexity index is 588. The molecule has 0 saturated carbocycles. The van der Waals surface area contributed by atoms with Crippen LogP contribution in [0.4, 0.5) is 0 Å². The van der Waals surface area contributed by atoms with Crippen molar-refractivity contribution < 1.29 is 28.5 Å². The van der Waals surface area contributed by atoms with Crippen LogP contribution in [0.2, 0.25) is 0 Å². The van der Waals surface area contributed by atoms with Crippen molar-refractivity contribution in [1.29, 1.82) is 0 Å². The molecule has 18 heavy (non-hydrogen) atoms. The van der Waals surface area contributed by atoms with Gasteiger partial charge in [0.1, 0.15) is 5.75 Å². The third-order valence-corrected chi connectivity index (χ3v) is 2.58. The van der Waals surface area contributed by atoms with Crippen LogP contribution >= 0.6 is 7.82 Å². The van der Waals surface area contributed by atoms with E-state index in [1.807, 2.05) is 0 Å². The molecule has 0 heterocycles. The molecule has 2 N–H and O–H groups in total. The Morgan fingerprint density at radius 1 is 1.06 bits per heavy atom. The van der Waals surface area contributed by atoms with E-state index in [2.05, 4.69) is 4.52 Å². The average Bonchev–Trinajstić information content (AvgIpc) is 2.21. The van der Waals surface area contributed by atoms with E-state index < -0.39 is 19.4 Å². The fraction of sp³-hybridized carbons (Fsp3) is 0. The van der Waals surface area contributed by atoms with Crippen molar-refractivity contribution in [2.75, 3.05) is 0 Å². The zero-order valence-corrected chi connectivity index (χ0v) is 9.26. The van der Waals surface area contributed by atoms with Gasteiger partial charge in [0, 0.05) is 5.56 Å². The van der Waals surface area contributed by atoms with Gasteiger partial charge in [-0.15, -0.1) is 0 Å². The monoisotopic (exact) mass is 278 g/mol. The standard InChI is InChI=1S/C10H7O6P.Na.H/c11-7-4-5-8(12)10-6(7)2-1-3-9(10)16-17(13,14)15;;/h1-5H,(H2,13,14,15);;. The van der Waals surface area contributed by atoms with Crippen LogP contribution in [0.15, 0.2) is 30.4 Å². The number of phosphoric ester groups is 1. The van der Waals surface area contributed by atoms with Gasteiger partial charge in [0.2, 0.25) is 0 Å². The summed E-state index contributed by atoms with van der Waals surface area (Å²) >= 11 is 0. The predicted octanol–water partition coefficient (Wildman–Crippen LogP) is 0.445. The molecular weight excluding hydrogens is 270 g/mol. The quantitative estimate of drug-likeness (QED) is 0.601. The molecule has 0 aromatic heterocycles. The Balaban J connectivity index is 0.00000162. The van der Waals surface area contributed by atoms with Crippen molar-refractivity contribution in [3.05, 3.63) is 41.5 Å². The first kappa shape index (κ1) is 15.3. The third-order valence-electron chi connectivity index (χ3n) is 2.14. The van der Waals surface area contributed by atoms with E-state index in [1.54, 1.807) is 0 Å². The van der Waals surface area contributed by atoms with Crippen molar-refractivity contribution >= 4 is 48.9 Å². The van der Waals surface area contributed by atoms with Gasteiger partial charge >= 0.3 is 37.4 Å². The maximum absolute atomic E-state index is 11.6. The van der Waals surface area contributed by atoms with E-state index in [4.69, 9.17) is 9.79 Å². The Labute approximate surface area is 124 Å². The number of ketones is 2. The summed E-state index contributed by atoms with van der Waals surface area (Å²) in [5, 5.41) is 0. The minimum atomic E-state index is -4.77. The molecule has 0 amide bonds. The molecule has 90 valence electrons. The number of fused-ring (bicyclic) bond motifs is 1. The van der Waals surface area contributed by atoms with Crippen molar-refractivity contribution in [3.8, 4) is 5.75 Å². The van der Waals surface area contributed by atoms with Crippen LogP contribution in [0.3, 0.4) is 0 Å². The summed E-state index contributed by atoms with van der Waals surface area (Å²) in [5.74, 6) is -1.22. The van der Waals surface area contributed by atoms with Gasteiger partial charge in [-0.2, -0.15) is 0 Å². The molecule has 1 aromatic rings. The van der Waals surface area contributed by atoms with Gasteiger partial charge in [-0.05, 0) is 18.2 Å². The van der Waals surface area contributed by atoms with Gasteiger partial charge in [-0.1, -0.05) is 12.1 Å². The number of carbonyl (C=O) groups is 2. The van der Waals surface area contributed by atoms with E-state index in [-0.39, 0.29) is 46.4 Å². The fourth-order valence-electron chi connectivity index (χ4n) is 1.52. The summed E-state index contributed by atoms with van der Waals surface area (Å²) < 4.78 is 15.1. The van der Waals surface area contributed by atoms with Crippen molar-refractivity contribution in [3.63, 3.8) is 0 Å². The number of hydrogen-bond donors (Lipinski definition) is 2. The van der Waals surface area contributed by atoms with Gasteiger partial charge in [0.15, 0.2) is 11.6 Å². The van der Waals surface area contributed by atoms with Crippen molar-refractivity contribution in [2.24, 2.45) is 0 Å². The normalized spacial score (nSPS) is 13.9. The summed E-state index contributed by atoms with van der Waals surface area (Å²) in [4.78, 5) is 40.4. The van der Waals surface area contributed by atoms with Crippen LogP contribution in [0, 0.1) is 0 Å². The van der Waals surface area contributed by atoms with Crippen LogP contribution < -0.4 is 4.52 Å². The van der Waals surface area contributed by atoms with Crippen LogP contribution in [0.5, 0.6) is 5.75 Å². The SMILES string of the molecule is O=C1C=CC(=O)c2c(OP(=O)(O)O)cccc21.[NaH]. The first-order valence-electron chi connectivity index (χ1n) is 4.53. The number of carbonyl (C=O) groups excluding carboxylic acids is 2.